The van der Waals surface area contributed by atoms with E-state index < -0.39 is 17.6 Å². The van der Waals surface area contributed by atoms with Crippen LogP contribution in [0, 0.1) is 19.7 Å². The second-order valence-corrected chi connectivity index (χ2v) is 5.71. The van der Waals surface area contributed by atoms with Crippen LogP contribution in [0.1, 0.15) is 32.1 Å². The number of aromatic nitrogens is 2. The van der Waals surface area contributed by atoms with Gasteiger partial charge in [-0.05, 0) is 50.2 Å². The lowest BCUT2D eigenvalue weighted by Crippen LogP contribution is -2.42. The average Bonchev–Trinajstić information content (AvgIpc) is 2.95. The number of hydrogen-bond acceptors (Lipinski definition) is 3. The van der Waals surface area contributed by atoms with Crippen molar-refractivity contribution < 1.29 is 14.0 Å². The summed E-state index contributed by atoms with van der Waals surface area (Å²) in [5, 5.41) is 4.40. The molecule has 0 bridgehead atoms. The summed E-state index contributed by atoms with van der Waals surface area (Å²) in [6.45, 7) is 3.51. The van der Waals surface area contributed by atoms with Crippen LogP contribution in [0.4, 0.5) is 4.39 Å². The molecule has 0 saturated heterocycles. The number of rotatable bonds is 3. The molecule has 0 fully saturated rings. The van der Waals surface area contributed by atoms with Crippen LogP contribution in [-0.4, -0.2) is 21.6 Å². The standard InChI is InChI=1S/C19H17FN4O2/c1-12-17(13(2)24(23-12)16-6-4-3-5-7-16)19(26)22-21-18(25)14-8-10-15(20)11-9-14/h3-11H,1-2H3,(H,21,25)(H,22,26). The van der Waals surface area contributed by atoms with Crippen molar-refractivity contribution in [1.82, 2.24) is 20.6 Å². The summed E-state index contributed by atoms with van der Waals surface area (Å²) >= 11 is 0. The van der Waals surface area contributed by atoms with Crippen molar-refractivity contribution in [2.45, 2.75) is 13.8 Å². The van der Waals surface area contributed by atoms with Gasteiger partial charge in [0.2, 0.25) is 0 Å². The first-order valence-corrected chi connectivity index (χ1v) is 7.95. The van der Waals surface area contributed by atoms with E-state index in [1.54, 1.807) is 18.5 Å². The van der Waals surface area contributed by atoms with Crippen molar-refractivity contribution in [3.63, 3.8) is 0 Å². The molecule has 6 nitrogen and oxygen atoms in total. The fourth-order valence-corrected chi connectivity index (χ4v) is 2.64. The topological polar surface area (TPSA) is 76.0 Å². The van der Waals surface area contributed by atoms with Gasteiger partial charge in [-0.3, -0.25) is 20.4 Å². The highest BCUT2D eigenvalue weighted by atomic mass is 19.1. The predicted molar refractivity (Wildman–Crippen MR) is 94.4 cm³/mol. The average molecular weight is 352 g/mol. The Bertz CT molecular complexity index is 950. The van der Waals surface area contributed by atoms with Crippen molar-refractivity contribution in [3.8, 4) is 5.69 Å². The van der Waals surface area contributed by atoms with Crippen molar-refractivity contribution in [2.75, 3.05) is 0 Å². The molecule has 0 saturated carbocycles. The Morgan fingerprint density at radius 2 is 1.54 bits per heavy atom. The summed E-state index contributed by atoms with van der Waals surface area (Å²) in [5.41, 5.74) is 7.35. The fourth-order valence-electron chi connectivity index (χ4n) is 2.64. The van der Waals surface area contributed by atoms with Crippen molar-refractivity contribution >= 4 is 11.8 Å². The number of carbonyl (C=O) groups excluding carboxylic acids is 2. The van der Waals surface area contributed by atoms with E-state index in [0.29, 0.717) is 17.0 Å². The molecule has 1 aromatic heterocycles. The Balaban J connectivity index is 1.75. The molecule has 1 heterocycles. The summed E-state index contributed by atoms with van der Waals surface area (Å²) in [5.74, 6) is -1.45. The summed E-state index contributed by atoms with van der Waals surface area (Å²) in [4.78, 5) is 24.5. The fraction of sp³-hybridized carbons (Fsp3) is 0.105. The number of hydrazine groups is 1. The second kappa shape index (κ2) is 7.18. The van der Waals surface area contributed by atoms with E-state index in [1.807, 2.05) is 30.3 Å². The molecule has 0 aliphatic carbocycles. The maximum absolute atomic E-state index is 12.9. The van der Waals surface area contributed by atoms with Crippen LogP contribution in [-0.2, 0) is 0 Å². The highest BCUT2D eigenvalue weighted by Gasteiger charge is 2.20. The van der Waals surface area contributed by atoms with Gasteiger partial charge in [-0.2, -0.15) is 5.10 Å². The van der Waals surface area contributed by atoms with Gasteiger partial charge in [-0.15, -0.1) is 0 Å². The lowest BCUT2D eigenvalue weighted by Gasteiger charge is -2.08. The van der Waals surface area contributed by atoms with Crippen molar-refractivity contribution in [3.05, 3.63) is 82.9 Å². The van der Waals surface area contributed by atoms with Crippen molar-refractivity contribution in [1.29, 1.82) is 0 Å². The first-order valence-electron chi connectivity index (χ1n) is 7.95. The zero-order valence-corrected chi connectivity index (χ0v) is 14.3. The Morgan fingerprint density at radius 1 is 0.923 bits per heavy atom. The number of nitrogens with zero attached hydrogens (tertiary/aromatic N) is 2. The SMILES string of the molecule is Cc1nn(-c2ccccc2)c(C)c1C(=O)NNC(=O)c1ccc(F)cc1. The van der Waals surface area contributed by atoms with E-state index in [9.17, 15) is 14.0 Å². The Hall–Kier alpha value is -3.48. The lowest BCUT2D eigenvalue weighted by atomic mass is 10.2. The van der Waals surface area contributed by atoms with Gasteiger partial charge >= 0.3 is 0 Å². The number of para-hydroxylation sites is 1. The normalized spacial score (nSPS) is 10.4. The number of carbonyl (C=O) groups is 2. The van der Waals surface area contributed by atoms with Gasteiger partial charge < -0.3 is 0 Å². The summed E-state index contributed by atoms with van der Waals surface area (Å²) in [7, 11) is 0. The maximum Gasteiger partial charge on any atom is 0.273 e. The summed E-state index contributed by atoms with van der Waals surface area (Å²) < 4.78 is 14.6. The zero-order valence-electron chi connectivity index (χ0n) is 14.3. The van der Waals surface area contributed by atoms with Crippen LogP contribution >= 0.6 is 0 Å². The van der Waals surface area contributed by atoms with Gasteiger partial charge in [0.25, 0.3) is 11.8 Å². The number of aryl methyl sites for hydroxylation is 1. The number of halogens is 1. The predicted octanol–water partition coefficient (Wildman–Crippen LogP) is 2.70. The third-order valence-electron chi connectivity index (χ3n) is 3.92. The van der Waals surface area contributed by atoms with Crippen LogP contribution in [0.3, 0.4) is 0 Å². The van der Waals surface area contributed by atoms with E-state index in [0.717, 1.165) is 5.69 Å². The molecule has 2 amide bonds. The second-order valence-electron chi connectivity index (χ2n) is 5.71. The Morgan fingerprint density at radius 3 is 2.19 bits per heavy atom. The largest absolute Gasteiger partial charge is 0.273 e. The quantitative estimate of drug-likeness (QED) is 0.712. The lowest BCUT2D eigenvalue weighted by molar-refractivity contribution is 0.0846. The summed E-state index contributed by atoms with van der Waals surface area (Å²) in [6, 6.07) is 14.5. The van der Waals surface area contributed by atoms with E-state index >= 15 is 0 Å². The molecule has 0 radical (unpaired) electrons. The first kappa shape index (κ1) is 17.3. The van der Waals surface area contributed by atoms with Crippen LogP contribution in [0.15, 0.2) is 54.6 Å². The Kier molecular flexibility index (Phi) is 4.79. The van der Waals surface area contributed by atoms with Gasteiger partial charge in [-0.1, -0.05) is 18.2 Å². The van der Waals surface area contributed by atoms with E-state index in [2.05, 4.69) is 16.0 Å². The molecule has 0 unspecified atom stereocenters. The van der Waals surface area contributed by atoms with Gasteiger partial charge in [0, 0.05) is 5.56 Å². The highest BCUT2D eigenvalue weighted by Crippen LogP contribution is 2.17. The monoisotopic (exact) mass is 352 g/mol. The molecular weight excluding hydrogens is 335 g/mol. The molecular formula is C19H17FN4O2. The number of hydrogen-bond donors (Lipinski definition) is 2. The number of nitrogens with one attached hydrogen (secondary N) is 2. The van der Waals surface area contributed by atoms with Gasteiger partial charge in [-0.25, -0.2) is 9.07 Å². The molecule has 2 aromatic carbocycles. The van der Waals surface area contributed by atoms with Crippen LogP contribution in [0.25, 0.3) is 5.69 Å². The van der Waals surface area contributed by atoms with Gasteiger partial charge in [0.1, 0.15) is 5.82 Å². The van der Waals surface area contributed by atoms with E-state index in [1.165, 1.54) is 24.3 Å². The van der Waals surface area contributed by atoms with Crippen LogP contribution in [0.5, 0.6) is 0 Å². The molecule has 26 heavy (non-hydrogen) atoms. The molecule has 0 aliphatic heterocycles. The minimum Gasteiger partial charge on any atom is -0.267 e. The number of amides is 2. The van der Waals surface area contributed by atoms with Gasteiger partial charge in [0.05, 0.1) is 22.6 Å². The maximum atomic E-state index is 12.9. The molecule has 3 aromatic rings. The molecule has 3 rings (SSSR count). The number of benzene rings is 2. The minimum absolute atomic E-state index is 0.236. The van der Waals surface area contributed by atoms with Crippen LogP contribution < -0.4 is 10.9 Å². The van der Waals surface area contributed by atoms with Crippen LogP contribution in [0.2, 0.25) is 0 Å². The molecule has 132 valence electrons. The first-order chi connectivity index (χ1) is 12.5. The third-order valence-corrected chi connectivity index (χ3v) is 3.92. The van der Waals surface area contributed by atoms with Crippen molar-refractivity contribution in [2.24, 2.45) is 0 Å². The molecule has 2 N–H and O–H groups in total. The van der Waals surface area contributed by atoms with E-state index in [4.69, 9.17) is 0 Å². The van der Waals surface area contributed by atoms with E-state index in [-0.39, 0.29) is 5.56 Å². The molecule has 0 atom stereocenters. The third kappa shape index (κ3) is 3.46. The molecule has 0 spiro atoms. The summed E-state index contributed by atoms with van der Waals surface area (Å²) in [6.07, 6.45) is 0. The van der Waals surface area contributed by atoms with Gasteiger partial charge in [0.15, 0.2) is 0 Å². The zero-order chi connectivity index (χ0) is 18.7. The smallest absolute Gasteiger partial charge is 0.267 e. The molecule has 0 aliphatic rings. The minimum atomic E-state index is -0.538. The highest BCUT2D eigenvalue weighted by molar-refractivity contribution is 6.00. The Labute approximate surface area is 149 Å². The molecule has 7 heteroatoms.